The molecule has 214 valence electrons. The van der Waals surface area contributed by atoms with Gasteiger partial charge in [0, 0.05) is 31.1 Å². The summed E-state index contributed by atoms with van der Waals surface area (Å²) in [6.07, 6.45) is 0. The highest BCUT2D eigenvalue weighted by atomic mass is 32.2. The number of Topliss-reactive ketones (excluding diaryl/α,β-unsaturated/α-hetero) is 1. The van der Waals surface area contributed by atoms with Crippen molar-refractivity contribution >= 4 is 51.4 Å². The van der Waals surface area contributed by atoms with Crippen LogP contribution in [0.3, 0.4) is 0 Å². The van der Waals surface area contributed by atoms with Crippen molar-refractivity contribution in [1.82, 2.24) is 10.2 Å². The number of ketones is 1. The number of anilines is 2. The van der Waals surface area contributed by atoms with Crippen LogP contribution in [-0.4, -0.2) is 54.3 Å². The Labute approximate surface area is 251 Å². The van der Waals surface area contributed by atoms with Crippen LogP contribution in [0.2, 0.25) is 0 Å². The molecule has 1 unspecified atom stereocenters. The minimum absolute atomic E-state index is 0.0293. The second-order valence-corrected chi connectivity index (χ2v) is 12.3. The van der Waals surface area contributed by atoms with Gasteiger partial charge in [0.1, 0.15) is 19.0 Å². The summed E-state index contributed by atoms with van der Waals surface area (Å²) in [6, 6.07) is 19.8. The Hall–Kier alpha value is -4.35. The van der Waals surface area contributed by atoms with Crippen molar-refractivity contribution in [2.75, 3.05) is 37.1 Å². The fourth-order valence-corrected chi connectivity index (χ4v) is 6.66. The Morgan fingerprint density at radius 1 is 1.00 bits per heavy atom. The van der Waals surface area contributed by atoms with Gasteiger partial charge in [0.2, 0.25) is 5.13 Å². The molecule has 42 heavy (non-hydrogen) atoms. The number of aryl methyl sites for hydroxylation is 1. The summed E-state index contributed by atoms with van der Waals surface area (Å²) >= 11 is 2.75. The summed E-state index contributed by atoms with van der Waals surface area (Å²) in [4.78, 5) is 30.4. The molecule has 4 aromatic rings. The molecule has 0 spiro atoms. The molecule has 1 saturated heterocycles. The van der Waals surface area contributed by atoms with E-state index >= 15 is 0 Å². The lowest BCUT2D eigenvalue weighted by molar-refractivity contribution is -0.132. The molecule has 3 heterocycles. The first-order chi connectivity index (χ1) is 20.3. The zero-order valence-corrected chi connectivity index (χ0v) is 24.9. The molecule has 0 bridgehead atoms. The summed E-state index contributed by atoms with van der Waals surface area (Å²) in [6.45, 7) is 2.85. The van der Waals surface area contributed by atoms with Crippen molar-refractivity contribution < 1.29 is 24.2 Å². The topological polar surface area (TPSA) is 105 Å². The van der Waals surface area contributed by atoms with Crippen LogP contribution in [0, 0.1) is 6.92 Å². The number of ether oxygens (including phenoxy) is 2. The maximum Gasteiger partial charge on any atom is 0.301 e. The van der Waals surface area contributed by atoms with Gasteiger partial charge in [-0.1, -0.05) is 65.1 Å². The van der Waals surface area contributed by atoms with Crippen LogP contribution >= 0.6 is 23.1 Å². The zero-order valence-electron chi connectivity index (χ0n) is 23.2. The summed E-state index contributed by atoms with van der Waals surface area (Å²) < 4.78 is 12.0. The van der Waals surface area contributed by atoms with E-state index in [1.165, 1.54) is 33.6 Å². The van der Waals surface area contributed by atoms with Crippen LogP contribution in [0.1, 0.15) is 28.3 Å². The number of hydrogen-bond donors (Lipinski definition) is 1. The number of carbonyl (C=O) groups is 2. The number of hydrogen-bond acceptors (Lipinski definition) is 10. The third kappa shape index (κ3) is 5.33. The van der Waals surface area contributed by atoms with Gasteiger partial charge < -0.3 is 19.5 Å². The fraction of sp³-hybridized carbons (Fsp3) is 0.226. The van der Waals surface area contributed by atoms with Crippen molar-refractivity contribution in [2.45, 2.75) is 23.1 Å². The molecule has 6 rings (SSSR count). The Morgan fingerprint density at radius 2 is 1.71 bits per heavy atom. The molecule has 11 heteroatoms. The van der Waals surface area contributed by atoms with E-state index in [0.717, 1.165) is 11.3 Å². The second-order valence-electron chi connectivity index (χ2n) is 10.1. The predicted octanol–water partition coefficient (Wildman–Crippen LogP) is 5.60. The molecule has 1 amide bonds. The molecule has 0 aliphatic carbocycles. The van der Waals surface area contributed by atoms with Gasteiger partial charge >= 0.3 is 5.91 Å². The number of fused-ring (bicyclic) bond motifs is 1. The third-order valence-electron chi connectivity index (χ3n) is 7.07. The summed E-state index contributed by atoms with van der Waals surface area (Å²) in [5.41, 5.74) is 4.25. The van der Waals surface area contributed by atoms with Gasteiger partial charge in [-0.05, 0) is 48.4 Å². The van der Waals surface area contributed by atoms with E-state index in [-0.39, 0.29) is 16.5 Å². The number of amides is 1. The van der Waals surface area contributed by atoms with Crippen molar-refractivity contribution in [3.63, 3.8) is 0 Å². The largest absolute Gasteiger partial charge is 0.507 e. The van der Waals surface area contributed by atoms with E-state index in [2.05, 4.69) is 34.5 Å². The minimum atomic E-state index is -0.905. The lowest BCUT2D eigenvalue weighted by atomic mass is 9.95. The molecule has 1 aromatic heterocycles. The molecule has 1 N–H and O–H groups in total. The Morgan fingerprint density at radius 3 is 2.43 bits per heavy atom. The number of aliphatic hydroxyl groups excluding tert-OH is 1. The Balaban J connectivity index is 1.39. The van der Waals surface area contributed by atoms with Crippen LogP contribution < -0.4 is 19.3 Å². The van der Waals surface area contributed by atoms with Crippen molar-refractivity contribution in [2.24, 2.45) is 0 Å². The van der Waals surface area contributed by atoms with Gasteiger partial charge in [0.25, 0.3) is 5.78 Å². The van der Waals surface area contributed by atoms with Crippen LogP contribution in [0.4, 0.5) is 10.8 Å². The molecule has 9 nitrogen and oxygen atoms in total. The number of aliphatic hydroxyl groups is 1. The van der Waals surface area contributed by atoms with Crippen molar-refractivity contribution in [3.8, 4) is 11.5 Å². The first-order valence-electron chi connectivity index (χ1n) is 13.3. The number of thioether (sulfide) groups is 1. The molecule has 2 aliphatic rings. The van der Waals surface area contributed by atoms with Gasteiger partial charge in [-0.2, -0.15) is 0 Å². The molecular weight excluding hydrogens is 572 g/mol. The fourth-order valence-electron chi connectivity index (χ4n) is 4.83. The molecule has 3 aromatic carbocycles. The third-order valence-corrected chi connectivity index (χ3v) is 9.20. The molecule has 2 aliphatic heterocycles. The first kappa shape index (κ1) is 27.8. The normalized spacial score (nSPS) is 17.5. The predicted molar refractivity (Wildman–Crippen MR) is 164 cm³/mol. The highest BCUT2D eigenvalue weighted by molar-refractivity contribution is 8.00. The number of rotatable bonds is 7. The number of aromatic nitrogens is 2. The molecule has 1 fully saturated rings. The first-order valence-corrected chi connectivity index (χ1v) is 15.1. The standard InChI is InChI=1S/C31H28N4O5S2/c1-18-4-6-19(7-5-18)17-41-31-33-32-30(42-31)35-26(20-8-11-22(12-9-20)34(2)3)25(28(37)29(35)38)27(36)21-10-13-23-24(16-21)40-15-14-39-23/h4-13,16,26,36H,14-15,17H2,1-3H3. The van der Waals surface area contributed by atoms with E-state index in [4.69, 9.17) is 9.47 Å². The average Bonchev–Trinajstić information content (AvgIpc) is 3.58. The highest BCUT2D eigenvalue weighted by Gasteiger charge is 2.48. The Bertz CT molecular complexity index is 1680. The van der Waals surface area contributed by atoms with Gasteiger partial charge in [0.15, 0.2) is 15.8 Å². The van der Waals surface area contributed by atoms with Gasteiger partial charge in [-0.15, -0.1) is 10.2 Å². The smallest absolute Gasteiger partial charge is 0.301 e. The van der Waals surface area contributed by atoms with E-state index in [0.29, 0.717) is 45.9 Å². The summed E-state index contributed by atoms with van der Waals surface area (Å²) in [5, 5.41) is 20.4. The molecule has 0 radical (unpaired) electrons. The molecule has 0 saturated carbocycles. The number of carbonyl (C=O) groups excluding carboxylic acids is 2. The van der Waals surface area contributed by atoms with Crippen LogP contribution in [0.5, 0.6) is 11.5 Å². The van der Waals surface area contributed by atoms with E-state index in [1.807, 2.05) is 50.2 Å². The minimum Gasteiger partial charge on any atom is -0.507 e. The van der Waals surface area contributed by atoms with Crippen LogP contribution in [0.25, 0.3) is 5.76 Å². The van der Waals surface area contributed by atoms with E-state index in [1.54, 1.807) is 18.2 Å². The summed E-state index contributed by atoms with van der Waals surface area (Å²) in [7, 11) is 3.86. The lowest BCUT2D eigenvalue weighted by Crippen LogP contribution is -2.29. The zero-order chi connectivity index (χ0) is 29.4. The lowest BCUT2D eigenvalue weighted by Gasteiger charge is -2.23. The monoisotopic (exact) mass is 600 g/mol. The van der Waals surface area contributed by atoms with Crippen LogP contribution in [-0.2, 0) is 15.3 Å². The van der Waals surface area contributed by atoms with Gasteiger partial charge in [-0.3, -0.25) is 14.5 Å². The van der Waals surface area contributed by atoms with Gasteiger partial charge in [0.05, 0.1) is 11.6 Å². The van der Waals surface area contributed by atoms with Crippen molar-refractivity contribution in [3.05, 3.63) is 94.6 Å². The highest BCUT2D eigenvalue weighted by Crippen LogP contribution is 2.45. The molecular formula is C31H28N4O5S2. The van der Waals surface area contributed by atoms with Crippen LogP contribution in [0.15, 0.2) is 76.6 Å². The quantitative estimate of drug-likeness (QED) is 0.0954. The van der Waals surface area contributed by atoms with Crippen molar-refractivity contribution in [1.29, 1.82) is 0 Å². The second kappa shape index (κ2) is 11.5. The van der Waals surface area contributed by atoms with E-state index in [9.17, 15) is 14.7 Å². The summed E-state index contributed by atoms with van der Waals surface area (Å²) in [5.74, 6) is -0.166. The number of benzene rings is 3. The van der Waals surface area contributed by atoms with Gasteiger partial charge in [-0.25, -0.2) is 0 Å². The maximum absolute atomic E-state index is 13.6. The maximum atomic E-state index is 13.6. The molecule has 1 atom stereocenters. The average molecular weight is 601 g/mol. The Kier molecular flexibility index (Phi) is 7.61. The number of nitrogens with zero attached hydrogens (tertiary/aromatic N) is 4. The SMILES string of the molecule is Cc1ccc(CSc2nnc(N3C(=O)C(=O)C(=C(O)c4ccc5c(c4)OCCO5)C3c3ccc(N(C)C)cc3)s2)cc1. The van der Waals surface area contributed by atoms with E-state index < -0.39 is 17.7 Å².